The summed E-state index contributed by atoms with van der Waals surface area (Å²) in [5, 5.41) is 13.1. The summed E-state index contributed by atoms with van der Waals surface area (Å²) in [4.78, 5) is 70.4. The van der Waals surface area contributed by atoms with Gasteiger partial charge in [-0.1, -0.05) is 0 Å². The number of nitro groups is 1. The van der Waals surface area contributed by atoms with Crippen LogP contribution in [0.3, 0.4) is 0 Å². The number of benzene rings is 1. The van der Waals surface area contributed by atoms with Crippen LogP contribution in [0.2, 0.25) is 0 Å². The number of hydrogen-bond donors (Lipinski definition) is 1. The molecule has 4 aliphatic rings. The van der Waals surface area contributed by atoms with Crippen LogP contribution in [0.25, 0.3) is 0 Å². The Balaban J connectivity index is 1.01. The monoisotopic (exact) mass is 604 g/mol. The average Bonchev–Trinajstić information content (AvgIpc) is 3.23. The Labute approximate surface area is 254 Å². The number of anilines is 1. The van der Waals surface area contributed by atoms with Gasteiger partial charge in [0, 0.05) is 57.0 Å². The Hall–Kier alpha value is -4.39. The van der Waals surface area contributed by atoms with Gasteiger partial charge in [0.15, 0.2) is 0 Å². The number of carbonyl (C=O) groups is 4. The lowest BCUT2D eigenvalue weighted by atomic mass is 9.85. The van der Waals surface area contributed by atoms with Crippen molar-refractivity contribution in [3.05, 3.63) is 57.8 Å². The van der Waals surface area contributed by atoms with Gasteiger partial charge in [-0.15, -0.1) is 0 Å². The molecule has 3 fully saturated rings. The van der Waals surface area contributed by atoms with Crippen molar-refractivity contribution in [1.82, 2.24) is 20.1 Å². The summed E-state index contributed by atoms with van der Waals surface area (Å²) in [5.74, 6) is -0.281. The number of ether oxygens (including phenoxy) is 1. The van der Waals surface area contributed by atoms with Crippen molar-refractivity contribution in [3.63, 3.8) is 0 Å². The molecule has 1 atom stereocenters. The van der Waals surface area contributed by atoms with Crippen molar-refractivity contribution in [2.45, 2.75) is 76.6 Å². The second-order valence-corrected chi connectivity index (χ2v) is 12.4. The predicted octanol–water partition coefficient (Wildman–Crippen LogP) is 2.93. The molecule has 232 valence electrons. The van der Waals surface area contributed by atoms with Gasteiger partial charge >= 0.3 is 0 Å². The lowest BCUT2D eigenvalue weighted by Gasteiger charge is -2.46. The number of nitrogens with zero attached hydrogens (tertiary/aromatic N) is 5. The minimum Gasteiger partial charge on any atom is -0.490 e. The van der Waals surface area contributed by atoms with Gasteiger partial charge in [0.2, 0.25) is 11.8 Å². The topological polar surface area (TPSA) is 155 Å². The molecular formula is C31H36N6O7. The fourth-order valence-electron chi connectivity index (χ4n) is 6.72. The maximum atomic E-state index is 13.1. The molecule has 0 bridgehead atoms. The maximum absolute atomic E-state index is 13.1. The number of fused-ring (bicyclic) bond motifs is 1. The van der Waals surface area contributed by atoms with Gasteiger partial charge in [-0.2, -0.15) is 0 Å². The molecule has 1 aromatic heterocycles. The summed E-state index contributed by atoms with van der Waals surface area (Å²) in [6.45, 7) is 7.13. The molecule has 1 aliphatic carbocycles. The lowest BCUT2D eigenvalue weighted by molar-refractivity contribution is -0.385. The van der Waals surface area contributed by atoms with Crippen molar-refractivity contribution in [2.75, 3.05) is 24.5 Å². The van der Waals surface area contributed by atoms with Gasteiger partial charge in [-0.05, 0) is 63.3 Å². The second-order valence-electron chi connectivity index (χ2n) is 12.4. The zero-order chi connectivity index (χ0) is 31.1. The molecule has 1 aromatic carbocycles. The molecule has 6 rings (SSSR count). The zero-order valence-electron chi connectivity index (χ0n) is 24.8. The Morgan fingerprint density at radius 1 is 1.05 bits per heavy atom. The van der Waals surface area contributed by atoms with E-state index in [4.69, 9.17) is 4.74 Å². The SMILES string of the molecule is CC(C)N(CC1CCN(c2ccc([N+](=O)[O-])cn2)CC1)C1CC(Oc2ccc3c(c2)C(=O)N(C2CCC(=O)NC2=O)C3=O)C1. The molecule has 1 unspecified atom stereocenters. The first-order valence-corrected chi connectivity index (χ1v) is 15.2. The molecule has 13 heteroatoms. The molecule has 1 saturated carbocycles. The summed E-state index contributed by atoms with van der Waals surface area (Å²) in [7, 11) is 0. The Kier molecular flexibility index (Phi) is 8.06. The van der Waals surface area contributed by atoms with Gasteiger partial charge in [-0.25, -0.2) is 4.98 Å². The van der Waals surface area contributed by atoms with Crippen LogP contribution in [-0.4, -0.2) is 87.2 Å². The number of nitrogens with one attached hydrogen (secondary N) is 1. The lowest BCUT2D eigenvalue weighted by Crippen LogP contribution is -2.54. The molecule has 4 amide bonds. The Bertz CT molecular complexity index is 1480. The Morgan fingerprint density at radius 2 is 1.77 bits per heavy atom. The average molecular weight is 605 g/mol. The third-order valence-corrected chi connectivity index (χ3v) is 9.27. The highest BCUT2D eigenvalue weighted by atomic mass is 16.6. The summed E-state index contributed by atoms with van der Waals surface area (Å²) >= 11 is 0. The number of hydrogen-bond acceptors (Lipinski definition) is 10. The minimum atomic E-state index is -0.995. The van der Waals surface area contributed by atoms with Crippen molar-refractivity contribution >= 4 is 35.1 Å². The smallest absolute Gasteiger partial charge is 0.287 e. The molecule has 2 saturated heterocycles. The van der Waals surface area contributed by atoms with Gasteiger partial charge in [0.1, 0.15) is 29.9 Å². The van der Waals surface area contributed by atoms with Crippen LogP contribution in [0, 0.1) is 16.0 Å². The number of rotatable bonds is 9. The van der Waals surface area contributed by atoms with E-state index >= 15 is 0 Å². The fourth-order valence-corrected chi connectivity index (χ4v) is 6.72. The predicted molar refractivity (Wildman–Crippen MR) is 158 cm³/mol. The number of aromatic nitrogens is 1. The van der Waals surface area contributed by atoms with Gasteiger partial charge in [-0.3, -0.25) is 44.4 Å². The normalized spacial score (nSPS) is 24.0. The first kappa shape index (κ1) is 29.7. The fraction of sp³-hybridized carbons (Fsp3) is 0.516. The number of pyridine rings is 1. The molecule has 0 radical (unpaired) electrons. The van der Waals surface area contributed by atoms with E-state index in [1.807, 2.05) is 0 Å². The summed E-state index contributed by atoms with van der Waals surface area (Å²) < 4.78 is 6.22. The van der Waals surface area contributed by atoms with Crippen LogP contribution in [-0.2, 0) is 9.59 Å². The van der Waals surface area contributed by atoms with Crippen LogP contribution in [0.4, 0.5) is 11.5 Å². The quantitative estimate of drug-likeness (QED) is 0.257. The van der Waals surface area contributed by atoms with Gasteiger partial charge in [0.25, 0.3) is 17.5 Å². The molecule has 0 spiro atoms. The summed E-state index contributed by atoms with van der Waals surface area (Å²) in [6, 6.07) is 7.84. The highest BCUT2D eigenvalue weighted by molar-refractivity contribution is 6.23. The summed E-state index contributed by atoms with van der Waals surface area (Å²) in [5.41, 5.74) is 0.447. The van der Waals surface area contributed by atoms with E-state index in [2.05, 4.69) is 33.9 Å². The minimum absolute atomic E-state index is 0.00446. The number of amides is 4. The number of imide groups is 2. The van der Waals surface area contributed by atoms with Crippen LogP contribution >= 0.6 is 0 Å². The number of piperidine rings is 2. The molecule has 13 nitrogen and oxygen atoms in total. The van der Waals surface area contributed by atoms with Crippen molar-refractivity contribution < 1.29 is 28.8 Å². The van der Waals surface area contributed by atoms with Crippen LogP contribution in [0.1, 0.15) is 73.1 Å². The largest absolute Gasteiger partial charge is 0.490 e. The maximum Gasteiger partial charge on any atom is 0.287 e. The van der Waals surface area contributed by atoms with E-state index in [9.17, 15) is 29.3 Å². The van der Waals surface area contributed by atoms with E-state index in [0.29, 0.717) is 23.8 Å². The van der Waals surface area contributed by atoms with Gasteiger partial charge < -0.3 is 9.64 Å². The molecule has 3 aliphatic heterocycles. The summed E-state index contributed by atoms with van der Waals surface area (Å²) in [6.07, 6.45) is 5.25. The van der Waals surface area contributed by atoms with E-state index in [1.54, 1.807) is 24.3 Å². The van der Waals surface area contributed by atoms with Crippen molar-refractivity contribution in [2.24, 2.45) is 5.92 Å². The molecule has 44 heavy (non-hydrogen) atoms. The zero-order valence-corrected chi connectivity index (χ0v) is 24.8. The standard InChI is InChI=1S/C31H36N6O7/c1-18(2)35(17-19-9-11-34(12-10-19)27-7-3-20(16-32-27)37(42)43)21-13-23(14-21)44-22-4-5-24-25(15-22)31(41)36(30(24)40)26-6-8-28(38)33-29(26)39/h3-5,7,15-16,18-19,21,23,26H,6,8-14,17H2,1-2H3,(H,33,38,39). The first-order chi connectivity index (χ1) is 21.1. The third kappa shape index (κ3) is 5.75. The van der Waals surface area contributed by atoms with E-state index in [-0.39, 0.29) is 35.8 Å². The van der Waals surface area contributed by atoms with Crippen LogP contribution in [0.5, 0.6) is 5.75 Å². The highest BCUT2D eigenvalue weighted by Crippen LogP contribution is 2.35. The van der Waals surface area contributed by atoms with Crippen molar-refractivity contribution in [3.8, 4) is 5.75 Å². The second kappa shape index (κ2) is 11.9. The van der Waals surface area contributed by atoms with Crippen molar-refractivity contribution in [1.29, 1.82) is 0 Å². The highest BCUT2D eigenvalue weighted by Gasteiger charge is 2.45. The molecule has 1 N–H and O–H groups in total. The van der Waals surface area contributed by atoms with E-state index < -0.39 is 34.6 Å². The van der Waals surface area contributed by atoms with Crippen LogP contribution < -0.4 is 15.0 Å². The molecule has 4 heterocycles. The molecule has 2 aromatic rings. The number of carbonyl (C=O) groups excluding carboxylic acids is 4. The van der Waals surface area contributed by atoms with E-state index in [0.717, 1.165) is 56.0 Å². The Morgan fingerprint density at radius 3 is 2.41 bits per heavy atom. The van der Waals surface area contributed by atoms with Gasteiger partial charge in [0.05, 0.1) is 16.1 Å². The van der Waals surface area contributed by atoms with E-state index in [1.165, 1.54) is 12.3 Å². The third-order valence-electron chi connectivity index (χ3n) is 9.27. The molecular weight excluding hydrogens is 568 g/mol. The van der Waals surface area contributed by atoms with Crippen LogP contribution in [0.15, 0.2) is 36.5 Å². The first-order valence-electron chi connectivity index (χ1n) is 15.2.